The van der Waals surface area contributed by atoms with Crippen molar-refractivity contribution >= 4 is 11.6 Å². The van der Waals surface area contributed by atoms with Crippen LogP contribution < -0.4 is 15.6 Å². The second kappa shape index (κ2) is 8.40. The Kier molecular flexibility index (Phi) is 6.02. The number of anilines is 1. The predicted molar refractivity (Wildman–Crippen MR) is 103 cm³/mol. The molecule has 0 unspecified atom stereocenters. The zero-order chi connectivity index (χ0) is 23.7. The van der Waals surface area contributed by atoms with Gasteiger partial charge in [0.05, 0.1) is 5.56 Å². The van der Waals surface area contributed by atoms with E-state index in [4.69, 9.17) is 4.74 Å². The van der Waals surface area contributed by atoms with Gasteiger partial charge >= 0.3 is 12.1 Å². The number of ether oxygens (including phenoxy) is 1. The van der Waals surface area contributed by atoms with Crippen LogP contribution >= 0.6 is 0 Å². The second-order valence-corrected chi connectivity index (χ2v) is 6.66. The van der Waals surface area contributed by atoms with Crippen LogP contribution in [0.25, 0.3) is 0 Å². The standard InChI is InChI=1S/C21H14F6N2O3/c1-29-9-8-14(11-18(29)30)28-19(31)16-7-2-12(20(23,24)21(25,26)27)10-17(16)32-15-5-3-13(22)4-6-15/h2-11H,1H3,(H,28,31). The largest absolute Gasteiger partial charge is 0.458 e. The van der Waals surface area contributed by atoms with Crippen LogP contribution in [0.15, 0.2) is 65.6 Å². The molecule has 0 aliphatic rings. The highest BCUT2D eigenvalue weighted by atomic mass is 19.4. The summed E-state index contributed by atoms with van der Waals surface area (Å²) in [5.74, 6) is -7.52. The van der Waals surface area contributed by atoms with E-state index in [9.17, 15) is 35.9 Å². The summed E-state index contributed by atoms with van der Waals surface area (Å²) in [6, 6.07) is 8.20. The number of rotatable bonds is 5. The summed E-state index contributed by atoms with van der Waals surface area (Å²) in [6.45, 7) is 0. The quantitative estimate of drug-likeness (QED) is 0.536. The number of aromatic nitrogens is 1. The number of carbonyl (C=O) groups is 1. The van der Waals surface area contributed by atoms with Gasteiger partial charge in [-0.3, -0.25) is 9.59 Å². The van der Waals surface area contributed by atoms with E-state index in [0.717, 1.165) is 36.4 Å². The molecule has 0 saturated heterocycles. The number of nitrogens with one attached hydrogen (secondary N) is 1. The van der Waals surface area contributed by atoms with Crippen LogP contribution in [0.1, 0.15) is 15.9 Å². The van der Waals surface area contributed by atoms with Crippen molar-refractivity contribution < 1.29 is 35.9 Å². The number of amides is 1. The van der Waals surface area contributed by atoms with Crippen LogP contribution in [-0.4, -0.2) is 16.7 Å². The minimum atomic E-state index is -5.88. The van der Waals surface area contributed by atoms with Crippen LogP contribution in [-0.2, 0) is 13.0 Å². The molecule has 0 spiro atoms. The van der Waals surface area contributed by atoms with E-state index < -0.39 is 46.3 Å². The van der Waals surface area contributed by atoms with Crippen LogP contribution in [0.3, 0.4) is 0 Å². The maximum Gasteiger partial charge on any atom is 0.458 e. The zero-order valence-electron chi connectivity index (χ0n) is 16.2. The second-order valence-electron chi connectivity index (χ2n) is 6.66. The van der Waals surface area contributed by atoms with Crippen molar-refractivity contribution in [3.8, 4) is 11.5 Å². The molecule has 1 N–H and O–H groups in total. The average molecular weight is 456 g/mol. The summed E-state index contributed by atoms with van der Waals surface area (Å²) in [7, 11) is 1.47. The lowest BCUT2D eigenvalue weighted by Gasteiger charge is -2.21. The number of hydrogen-bond donors (Lipinski definition) is 1. The summed E-state index contributed by atoms with van der Waals surface area (Å²) in [5.41, 5.74) is -2.23. The Balaban J connectivity index is 2.03. The number of benzene rings is 2. The Hall–Kier alpha value is -3.76. The molecule has 1 aromatic heterocycles. The lowest BCUT2D eigenvalue weighted by Crippen LogP contribution is -2.33. The van der Waals surface area contributed by atoms with Crippen molar-refractivity contribution in [2.75, 3.05) is 5.32 Å². The Labute approximate surface area is 176 Å². The molecule has 11 heteroatoms. The molecule has 0 aliphatic carbocycles. The summed E-state index contributed by atoms with van der Waals surface area (Å²) in [4.78, 5) is 24.4. The molecule has 32 heavy (non-hydrogen) atoms. The number of alkyl halides is 5. The molecule has 3 aromatic rings. The highest BCUT2D eigenvalue weighted by Gasteiger charge is 2.58. The molecule has 0 radical (unpaired) electrons. The van der Waals surface area contributed by atoms with Crippen molar-refractivity contribution in [2.24, 2.45) is 7.05 Å². The maximum absolute atomic E-state index is 13.8. The third-order valence-electron chi connectivity index (χ3n) is 4.35. The van der Waals surface area contributed by atoms with E-state index >= 15 is 0 Å². The maximum atomic E-state index is 13.8. The minimum Gasteiger partial charge on any atom is -0.457 e. The van der Waals surface area contributed by atoms with Gasteiger partial charge in [0, 0.05) is 30.6 Å². The topological polar surface area (TPSA) is 60.3 Å². The van der Waals surface area contributed by atoms with Gasteiger partial charge in [0.2, 0.25) is 0 Å². The average Bonchev–Trinajstić information content (AvgIpc) is 2.71. The molecular formula is C21H14F6N2O3. The molecule has 0 fully saturated rings. The number of hydrogen-bond acceptors (Lipinski definition) is 3. The smallest absolute Gasteiger partial charge is 0.457 e. The van der Waals surface area contributed by atoms with Gasteiger partial charge in [0.15, 0.2) is 0 Å². The third-order valence-corrected chi connectivity index (χ3v) is 4.35. The number of nitrogens with zero attached hydrogens (tertiary/aromatic N) is 1. The molecular weight excluding hydrogens is 442 g/mol. The van der Waals surface area contributed by atoms with Crippen molar-refractivity contribution in [3.63, 3.8) is 0 Å². The van der Waals surface area contributed by atoms with Crippen LogP contribution in [0.4, 0.5) is 32.0 Å². The number of halogens is 6. The Morgan fingerprint density at radius 3 is 2.22 bits per heavy atom. The lowest BCUT2D eigenvalue weighted by atomic mass is 10.0. The van der Waals surface area contributed by atoms with E-state index in [-0.39, 0.29) is 11.4 Å². The molecule has 0 saturated carbocycles. The molecule has 0 bridgehead atoms. The fourth-order valence-corrected chi connectivity index (χ4v) is 2.61. The molecule has 0 atom stereocenters. The van der Waals surface area contributed by atoms with Gasteiger partial charge < -0.3 is 14.6 Å². The molecule has 5 nitrogen and oxygen atoms in total. The van der Waals surface area contributed by atoms with Crippen molar-refractivity contribution in [3.05, 3.63) is 88.1 Å². The van der Waals surface area contributed by atoms with Crippen LogP contribution in [0, 0.1) is 5.82 Å². The summed E-state index contributed by atoms with van der Waals surface area (Å²) in [6.07, 6.45) is -4.52. The Bertz CT molecular complexity index is 1200. The van der Waals surface area contributed by atoms with Gasteiger partial charge in [-0.05, 0) is 42.5 Å². The van der Waals surface area contributed by atoms with E-state index in [1.165, 1.54) is 23.9 Å². The van der Waals surface area contributed by atoms with Gasteiger partial charge in [-0.15, -0.1) is 0 Å². The summed E-state index contributed by atoms with van der Waals surface area (Å²) < 4.78 is 85.7. The Morgan fingerprint density at radius 1 is 0.969 bits per heavy atom. The SMILES string of the molecule is Cn1ccc(NC(=O)c2ccc(C(F)(F)C(F)(F)F)cc2Oc2ccc(F)cc2)cc1=O. The van der Waals surface area contributed by atoms with Gasteiger partial charge in [0.25, 0.3) is 11.5 Å². The van der Waals surface area contributed by atoms with E-state index in [0.29, 0.717) is 12.1 Å². The number of carbonyl (C=O) groups excluding carboxylic acids is 1. The minimum absolute atomic E-state index is 0.0653. The molecule has 1 amide bonds. The highest BCUT2D eigenvalue weighted by Crippen LogP contribution is 2.45. The van der Waals surface area contributed by atoms with Crippen LogP contribution in [0.5, 0.6) is 11.5 Å². The zero-order valence-corrected chi connectivity index (χ0v) is 16.2. The first-order valence-corrected chi connectivity index (χ1v) is 8.89. The summed E-state index contributed by atoms with van der Waals surface area (Å²) >= 11 is 0. The fraction of sp³-hybridized carbons (Fsp3) is 0.143. The van der Waals surface area contributed by atoms with Gasteiger partial charge in [-0.25, -0.2) is 4.39 Å². The normalized spacial score (nSPS) is 11.8. The van der Waals surface area contributed by atoms with Crippen LogP contribution in [0.2, 0.25) is 0 Å². The number of pyridine rings is 1. The predicted octanol–water partition coefficient (Wildman–Crippen LogP) is 5.22. The highest BCUT2D eigenvalue weighted by molar-refractivity contribution is 6.06. The summed E-state index contributed by atoms with van der Waals surface area (Å²) in [5, 5.41) is 2.35. The monoisotopic (exact) mass is 456 g/mol. The molecule has 0 aliphatic heterocycles. The first kappa shape index (κ1) is 22.9. The molecule has 1 heterocycles. The van der Waals surface area contributed by atoms with Crippen molar-refractivity contribution in [1.82, 2.24) is 4.57 Å². The Morgan fingerprint density at radius 2 is 1.62 bits per heavy atom. The lowest BCUT2D eigenvalue weighted by molar-refractivity contribution is -0.289. The van der Waals surface area contributed by atoms with Gasteiger partial charge in [0.1, 0.15) is 17.3 Å². The van der Waals surface area contributed by atoms with Gasteiger partial charge in [-0.1, -0.05) is 6.07 Å². The van der Waals surface area contributed by atoms with Crippen molar-refractivity contribution in [2.45, 2.75) is 12.1 Å². The van der Waals surface area contributed by atoms with Crippen molar-refractivity contribution in [1.29, 1.82) is 0 Å². The molecule has 168 valence electrons. The molecule has 3 rings (SSSR count). The van der Waals surface area contributed by atoms with E-state index in [1.807, 2.05) is 0 Å². The fourth-order valence-electron chi connectivity index (χ4n) is 2.61. The molecule has 2 aromatic carbocycles. The first-order valence-electron chi connectivity index (χ1n) is 8.89. The first-order chi connectivity index (χ1) is 14.9. The number of aryl methyl sites for hydroxylation is 1. The van der Waals surface area contributed by atoms with E-state index in [2.05, 4.69) is 5.32 Å². The third kappa shape index (κ3) is 4.76. The van der Waals surface area contributed by atoms with E-state index in [1.54, 1.807) is 0 Å². The van der Waals surface area contributed by atoms with Gasteiger partial charge in [-0.2, -0.15) is 22.0 Å².